The average molecular weight is 415 g/mol. The Morgan fingerprint density at radius 2 is 1.96 bits per heavy atom. The number of nitrogens with one attached hydrogen (secondary N) is 1. The molecule has 0 fully saturated rings. The third kappa shape index (κ3) is 7.43. The number of carbonyl (C=O) groups excluding carboxylic acids is 2. The number of hydrogen-bond acceptors (Lipinski definition) is 5. The highest BCUT2D eigenvalue weighted by Gasteiger charge is 2.34. The van der Waals surface area contributed by atoms with E-state index in [9.17, 15) is 9.59 Å². The van der Waals surface area contributed by atoms with Gasteiger partial charge < -0.3 is 19.6 Å². The minimum absolute atomic E-state index is 0.0442. The highest BCUT2D eigenvalue weighted by atomic mass is 35.5. The fourth-order valence-electron chi connectivity index (χ4n) is 2.94. The minimum atomic E-state index is -0.737. The zero-order valence-electron chi connectivity index (χ0n) is 18.0. The van der Waals surface area contributed by atoms with Gasteiger partial charge in [-0.2, -0.15) is 0 Å². The first kappa shape index (κ1) is 24.4. The molecule has 1 aromatic heterocycles. The van der Waals surface area contributed by atoms with Gasteiger partial charge >= 0.3 is 0 Å². The molecule has 1 unspecified atom stereocenters. The fraction of sp³-hybridized carbons (Fsp3) is 0.750. The van der Waals surface area contributed by atoms with Crippen LogP contribution < -0.4 is 5.32 Å². The summed E-state index contributed by atoms with van der Waals surface area (Å²) in [5, 5.41) is 6.45. The van der Waals surface area contributed by atoms with E-state index in [1.54, 1.807) is 31.7 Å². The average Bonchev–Trinajstić information content (AvgIpc) is 3.07. The van der Waals surface area contributed by atoms with Crippen LogP contribution in [0, 0.1) is 12.3 Å². The molecule has 8 heteroatoms. The second-order valence-corrected chi connectivity index (χ2v) is 8.11. The summed E-state index contributed by atoms with van der Waals surface area (Å²) in [6.07, 6.45) is 1.77. The Bertz CT molecular complexity index is 629. The lowest BCUT2D eigenvalue weighted by Gasteiger charge is -2.35. The third-order valence-corrected chi connectivity index (χ3v) is 5.57. The molecule has 0 spiro atoms. The number of halogens is 1. The second-order valence-electron chi connectivity index (χ2n) is 7.84. The molecular formula is C20H35ClN4O3. The van der Waals surface area contributed by atoms with Gasteiger partial charge in [-0.1, -0.05) is 19.0 Å². The van der Waals surface area contributed by atoms with Crippen molar-refractivity contribution in [2.45, 2.75) is 60.4 Å². The maximum Gasteiger partial charge on any atom is 0.245 e. The Balaban J connectivity index is 2.80. The van der Waals surface area contributed by atoms with E-state index in [1.807, 2.05) is 6.92 Å². The summed E-state index contributed by atoms with van der Waals surface area (Å²) in [4.78, 5) is 29.5. The van der Waals surface area contributed by atoms with Crippen LogP contribution in [0.25, 0.3) is 0 Å². The van der Waals surface area contributed by atoms with Gasteiger partial charge in [-0.15, -0.1) is 11.6 Å². The van der Waals surface area contributed by atoms with E-state index in [0.29, 0.717) is 11.6 Å². The van der Waals surface area contributed by atoms with Gasteiger partial charge in [-0.3, -0.25) is 9.59 Å². The van der Waals surface area contributed by atoms with Crippen LogP contribution in [0.1, 0.15) is 53.2 Å². The SMILES string of the molecule is CCN(CC)CCCC(C)N(CC(=O)Nc1cc(C)on1)C(=O)C(C)(C)CCl. The van der Waals surface area contributed by atoms with Gasteiger partial charge in [0.05, 0.1) is 5.41 Å². The smallest absolute Gasteiger partial charge is 0.245 e. The molecule has 1 heterocycles. The van der Waals surface area contributed by atoms with Gasteiger partial charge in [-0.05, 0) is 60.2 Å². The predicted molar refractivity (Wildman–Crippen MR) is 113 cm³/mol. The van der Waals surface area contributed by atoms with E-state index in [2.05, 4.69) is 29.2 Å². The molecule has 0 saturated heterocycles. The lowest BCUT2D eigenvalue weighted by atomic mass is 9.93. The molecule has 1 N–H and O–H groups in total. The molecule has 1 atom stereocenters. The zero-order valence-corrected chi connectivity index (χ0v) is 18.8. The molecule has 0 bridgehead atoms. The Hall–Kier alpha value is -1.60. The molecule has 28 heavy (non-hydrogen) atoms. The zero-order chi connectivity index (χ0) is 21.3. The molecule has 160 valence electrons. The van der Waals surface area contributed by atoms with Crippen molar-refractivity contribution in [3.05, 3.63) is 11.8 Å². The van der Waals surface area contributed by atoms with Crippen molar-refractivity contribution in [2.75, 3.05) is 37.4 Å². The highest BCUT2D eigenvalue weighted by Crippen LogP contribution is 2.23. The van der Waals surface area contributed by atoms with E-state index >= 15 is 0 Å². The first-order chi connectivity index (χ1) is 13.1. The Kier molecular flexibility index (Phi) is 9.96. The van der Waals surface area contributed by atoms with Crippen LogP contribution in [0.4, 0.5) is 5.82 Å². The van der Waals surface area contributed by atoms with E-state index in [1.165, 1.54) is 0 Å². The summed E-state index contributed by atoms with van der Waals surface area (Å²) in [5.41, 5.74) is -0.737. The van der Waals surface area contributed by atoms with Crippen LogP contribution in [0.15, 0.2) is 10.6 Å². The van der Waals surface area contributed by atoms with Gasteiger partial charge in [-0.25, -0.2) is 0 Å². The van der Waals surface area contributed by atoms with Gasteiger partial charge in [0.2, 0.25) is 11.8 Å². The van der Waals surface area contributed by atoms with E-state index in [-0.39, 0.29) is 30.3 Å². The van der Waals surface area contributed by atoms with Gasteiger partial charge in [0.25, 0.3) is 0 Å². The Labute approximate surface area is 173 Å². The summed E-state index contributed by atoms with van der Waals surface area (Å²) in [7, 11) is 0. The van der Waals surface area contributed by atoms with Crippen molar-refractivity contribution in [2.24, 2.45) is 5.41 Å². The Morgan fingerprint density at radius 1 is 1.32 bits per heavy atom. The summed E-state index contributed by atoms with van der Waals surface area (Å²) >= 11 is 6.01. The standard InChI is InChI=1S/C20H35ClN4O3/c1-7-24(8-2)11-9-10-15(3)25(19(27)20(5,6)14-21)13-18(26)22-17-12-16(4)28-23-17/h12,15H,7-11,13-14H2,1-6H3,(H,22,23,26). The van der Waals surface area contributed by atoms with Gasteiger partial charge in [0.15, 0.2) is 5.82 Å². The number of carbonyl (C=O) groups is 2. The van der Waals surface area contributed by atoms with Crippen molar-refractivity contribution in [1.29, 1.82) is 0 Å². The van der Waals surface area contributed by atoms with Crippen molar-refractivity contribution in [3.63, 3.8) is 0 Å². The predicted octanol–water partition coefficient (Wildman–Crippen LogP) is 3.53. The van der Waals surface area contributed by atoms with Gasteiger partial charge in [0.1, 0.15) is 12.3 Å². The normalized spacial score (nSPS) is 12.9. The van der Waals surface area contributed by atoms with Crippen molar-refractivity contribution < 1.29 is 14.1 Å². The number of aromatic nitrogens is 1. The topological polar surface area (TPSA) is 78.7 Å². The number of aryl methyl sites for hydroxylation is 1. The van der Waals surface area contributed by atoms with Crippen LogP contribution in [0.3, 0.4) is 0 Å². The van der Waals surface area contributed by atoms with Crippen molar-refractivity contribution >= 4 is 29.2 Å². The molecule has 0 aliphatic carbocycles. The number of rotatable bonds is 12. The van der Waals surface area contributed by atoms with Crippen LogP contribution in [-0.2, 0) is 9.59 Å². The summed E-state index contributed by atoms with van der Waals surface area (Å²) < 4.78 is 4.97. The highest BCUT2D eigenvalue weighted by molar-refractivity contribution is 6.19. The number of hydrogen-bond donors (Lipinski definition) is 1. The monoisotopic (exact) mass is 414 g/mol. The molecule has 7 nitrogen and oxygen atoms in total. The summed E-state index contributed by atoms with van der Waals surface area (Å²) in [6, 6.07) is 1.57. The van der Waals surface area contributed by atoms with Crippen LogP contribution in [0.5, 0.6) is 0 Å². The largest absolute Gasteiger partial charge is 0.360 e. The summed E-state index contributed by atoms with van der Waals surface area (Å²) in [5.74, 6) is 0.724. The van der Waals surface area contributed by atoms with Crippen LogP contribution >= 0.6 is 11.6 Å². The molecule has 0 saturated carbocycles. The number of alkyl halides is 1. The first-order valence-electron chi connectivity index (χ1n) is 9.97. The molecule has 1 aromatic rings. The minimum Gasteiger partial charge on any atom is -0.360 e. The maximum atomic E-state index is 13.1. The first-order valence-corrected chi connectivity index (χ1v) is 10.5. The molecule has 2 amide bonds. The number of anilines is 1. The third-order valence-electron chi connectivity index (χ3n) is 4.91. The lowest BCUT2D eigenvalue weighted by Crippen LogP contribution is -2.49. The molecule has 0 aliphatic rings. The van der Waals surface area contributed by atoms with Crippen molar-refractivity contribution in [3.8, 4) is 0 Å². The van der Waals surface area contributed by atoms with E-state index in [0.717, 1.165) is 32.5 Å². The number of nitrogens with zero attached hydrogens (tertiary/aromatic N) is 3. The molecular weight excluding hydrogens is 380 g/mol. The molecule has 0 aromatic carbocycles. The molecule has 1 rings (SSSR count). The lowest BCUT2D eigenvalue weighted by molar-refractivity contribution is -0.144. The fourth-order valence-corrected chi connectivity index (χ4v) is 3.06. The van der Waals surface area contributed by atoms with E-state index < -0.39 is 5.41 Å². The van der Waals surface area contributed by atoms with Crippen molar-refractivity contribution in [1.82, 2.24) is 15.0 Å². The number of amides is 2. The molecule has 0 aliphatic heterocycles. The van der Waals surface area contributed by atoms with E-state index in [4.69, 9.17) is 16.1 Å². The van der Waals surface area contributed by atoms with Gasteiger partial charge in [0, 0.05) is 18.0 Å². The Morgan fingerprint density at radius 3 is 2.46 bits per heavy atom. The quantitative estimate of drug-likeness (QED) is 0.529. The van der Waals surface area contributed by atoms with Crippen LogP contribution in [0.2, 0.25) is 0 Å². The maximum absolute atomic E-state index is 13.1. The van der Waals surface area contributed by atoms with Crippen LogP contribution in [-0.4, -0.2) is 64.9 Å². The summed E-state index contributed by atoms with van der Waals surface area (Å²) in [6.45, 7) is 14.6. The second kappa shape index (κ2) is 11.4. The molecule has 0 radical (unpaired) electrons.